The first-order valence-electron chi connectivity index (χ1n) is 5.05. The van der Waals surface area contributed by atoms with Crippen LogP contribution in [0.15, 0.2) is 30.6 Å². The van der Waals surface area contributed by atoms with Gasteiger partial charge in [-0.1, -0.05) is 24.3 Å². The fraction of sp³-hybridized carbons (Fsp3) is 0.250. The van der Waals surface area contributed by atoms with Crippen LogP contribution in [0.5, 0.6) is 0 Å². The van der Waals surface area contributed by atoms with Crippen molar-refractivity contribution >= 4 is 0 Å². The second-order valence-electron chi connectivity index (χ2n) is 3.57. The fourth-order valence-corrected chi connectivity index (χ4v) is 1.70. The minimum absolute atomic E-state index is 0.809. The predicted octanol–water partition coefficient (Wildman–Crippen LogP) is 2.10. The van der Waals surface area contributed by atoms with Crippen LogP contribution in [0.25, 0.3) is 11.3 Å². The number of hydrogen-bond acceptors (Lipinski definition) is 2. The van der Waals surface area contributed by atoms with Crippen LogP contribution in [0.2, 0.25) is 0 Å². The van der Waals surface area contributed by atoms with E-state index in [1.807, 2.05) is 19.2 Å². The quantitative estimate of drug-likeness (QED) is 0.798. The van der Waals surface area contributed by atoms with E-state index in [1.54, 1.807) is 6.33 Å². The molecular weight excluding hydrogens is 186 g/mol. The maximum Gasteiger partial charge on any atom is 0.0929 e. The molecule has 0 saturated heterocycles. The molecule has 0 bridgehead atoms. The topological polar surface area (TPSA) is 40.7 Å². The highest BCUT2D eigenvalue weighted by Crippen LogP contribution is 2.23. The number of aryl methyl sites for hydroxylation is 1. The van der Waals surface area contributed by atoms with Crippen LogP contribution < -0.4 is 5.32 Å². The highest BCUT2D eigenvalue weighted by Gasteiger charge is 2.08. The molecule has 3 nitrogen and oxygen atoms in total. The first-order valence-corrected chi connectivity index (χ1v) is 5.05. The monoisotopic (exact) mass is 201 g/mol. The van der Waals surface area contributed by atoms with Crippen LogP contribution in [-0.2, 0) is 6.54 Å². The van der Waals surface area contributed by atoms with Gasteiger partial charge in [0.1, 0.15) is 0 Å². The maximum atomic E-state index is 4.37. The Labute approximate surface area is 89.6 Å². The van der Waals surface area contributed by atoms with E-state index < -0.39 is 0 Å². The molecule has 1 aromatic heterocycles. The third-order valence-corrected chi connectivity index (χ3v) is 2.47. The van der Waals surface area contributed by atoms with Crippen molar-refractivity contribution in [3.8, 4) is 11.3 Å². The summed E-state index contributed by atoms with van der Waals surface area (Å²) >= 11 is 0. The van der Waals surface area contributed by atoms with Gasteiger partial charge in [-0.25, -0.2) is 4.98 Å². The Bertz CT molecular complexity index is 446. The van der Waals surface area contributed by atoms with Crippen molar-refractivity contribution < 1.29 is 0 Å². The third-order valence-electron chi connectivity index (χ3n) is 2.47. The molecule has 2 rings (SSSR count). The largest absolute Gasteiger partial charge is 0.347 e. The number of aromatic amines is 1. The third kappa shape index (κ3) is 1.92. The molecular formula is C12H15N3. The zero-order valence-electron chi connectivity index (χ0n) is 9.04. The standard InChI is InChI=1S/C12H15N3/c1-9-5-3-4-6-10(9)12-11(7-13-2)14-8-15-12/h3-6,8,13H,7H2,1-2H3,(H,14,15). The minimum Gasteiger partial charge on any atom is -0.347 e. The summed E-state index contributed by atoms with van der Waals surface area (Å²) < 4.78 is 0. The summed E-state index contributed by atoms with van der Waals surface area (Å²) in [5.41, 5.74) is 4.63. The lowest BCUT2D eigenvalue weighted by Crippen LogP contribution is -2.06. The number of H-pyrrole nitrogens is 1. The Kier molecular flexibility index (Phi) is 2.83. The first-order chi connectivity index (χ1) is 7.33. The highest BCUT2D eigenvalue weighted by atomic mass is 14.9. The zero-order valence-corrected chi connectivity index (χ0v) is 9.04. The predicted molar refractivity (Wildman–Crippen MR) is 61.5 cm³/mol. The van der Waals surface area contributed by atoms with Crippen LogP contribution in [0.1, 0.15) is 11.3 Å². The molecule has 2 N–H and O–H groups in total. The number of benzene rings is 1. The molecule has 3 heteroatoms. The molecule has 0 spiro atoms. The van der Waals surface area contributed by atoms with Crippen LogP contribution in [0.3, 0.4) is 0 Å². The molecule has 15 heavy (non-hydrogen) atoms. The molecule has 0 saturated carbocycles. The number of rotatable bonds is 3. The summed E-state index contributed by atoms with van der Waals surface area (Å²) in [5, 5.41) is 3.13. The van der Waals surface area contributed by atoms with Gasteiger partial charge in [-0.05, 0) is 19.5 Å². The van der Waals surface area contributed by atoms with Crippen molar-refractivity contribution in [1.82, 2.24) is 15.3 Å². The molecule has 2 aromatic rings. The maximum absolute atomic E-state index is 4.37. The van der Waals surface area contributed by atoms with E-state index in [2.05, 4.69) is 34.3 Å². The van der Waals surface area contributed by atoms with Crippen molar-refractivity contribution in [2.45, 2.75) is 13.5 Å². The highest BCUT2D eigenvalue weighted by molar-refractivity contribution is 5.65. The molecule has 1 heterocycles. The molecule has 1 aromatic carbocycles. The van der Waals surface area contributed by atoms with Gasteiger partial charge in [0.2, 0.25) is 0 Å². The molecule has 0 aliphatic heterocycles. The van der Waals surface area contributed by atoms with Gasteiger partial charge >= 0.3 is 0 Å². The van der Waals surface area contributed by atoms with Gasteiger partial charge in [-0.2, -0.15) is 0 Å². The van der Waals surface area contributed by atoms with Gasteiger partial charge < -0.3 is 10.3 Å². The van der Waals surface area contributed by atoms with Gasteiger partial charge in [-0.3, -0.25) is 0 Å². The minimum atomic E-state index is 0.809. The lowest BCUT2D eigenvalue weighted by molar-refractivity contribution is 0.798. The van der Waals surface area contributed by atoms with Crippen LogP contribution in [-0.4, -0.2) is 17.0 Å². The van der Waals surface area contributed by atoms with Gasteiger partial charge in [-0.15, -0.1) is 0 Å². The fourth-order valence-electron chi connectivity index (χ4n) is 1.70. The second-order valence-corrected chi connectivity index (χ2v) is 3.57. The summed E-state index contributed by atoms with van der Waals surface area (Å²) in [4.78, 5) is 7.53. The molecule has 0 aliphatic carbocycles. The number of nitrogens with zero attached hydrogens (tertiary/aromatic N) is 1. The number of imidazole rings is 1. The molecule has 0 unspecified atom stereocenters. The van der Waals surface area contributed by atoms with Crippen molar-refractivity contribution in [1.29, 1.82) is 0 Å². The van der Waals surface area contributed by atoms with E-state index in [0.29, 0.717) is 0 Å². The van der Waals surface area contributed by atoms with Crippen molar-refractivity contribution in [2.75, 3.05) is 7.05 Å². The van der Waals surface area contributed by atoms with Gasteiger partial charge in [0.15, 0.2) is 0 Å². The van der Waals surface area contributed by atoms with Crippen LogP contribution in [0.4, 0.5) is 0 Å². The van der Waals surface area contributed by atoms with E-state index in [-0.39, 0.29) is 0 Å². The summed E-state index contributed by atoms with van der Waals surface area (Å²) in [6, 6.07) is 8.29. The molecule has 0 atom stereocenters. The van der Waals surface area contributed by atoms with Gasteiger partial charge in [0.25, 0.3) is 0 Å². The normalized spacial score (nSPS) is 10.5. The van der Waals surface area contributed by atoms with Gasteiger partial charge in [0.05, 0.1) is 17.7 Å². The Morgan fingerprint density at radius 1 is 1.33 bits per heavy atom. The molecule has 0 aliphatic rings. The second kappa shape index (κ2) is 4.28. The zero-order chi connectivity index (χ0) is 10.7. The summed E-state index contributed by atoms with van der Waals surface area (Å²) in [6.07, 6.45) is 1.74. The van der Waals surface area contributed by atoms with E-state index in [9.17, 15) is 0 Å². The van der Waals surface area contributed by atoms with Crippen LogP contribution >= 0.6 is 0 Å². The van der Waals surface area contributed by atoms with E-state index in [0.717, 1.165) is 17.9 Å². The molecule has 0 fully saturated rings. The Morgan fingerprint density at radius 3 is 2.87 bits per heavy atom. The molecule has 0 amide bonds. The van der Waals surface area contributed by atoms with Crippen molar-refractivity contribution in [3.05, 3.63) is 41.9 Å². The SMILES string of the molecule is CNCc1[nH]cnc1-c1ccccc1C. The summed E-state index contributed by atoms with van der Waals surface area (Å²) in [7, 11) is 1.93. The van der Waals surface area contributed by atoms with Crippen molar-refractivity contribution in [2.24, 2.45) is 0 Å². The molecule has 78 valence electrons. The van der Waals surface area contributed by atoms with E-state index >= 15 is 0 Å². The van der Waals surface area contributed by atoms with Gasteiger partial charge in [0, 0.05) is 12.1 Å². The Balaban J connectivity index is 2.45. The van der Waals surface area contributed by atoms with Crippen LogP contribution in [0, 0.1) is 6.92 Å². The number of aromatic nitrogens is 2. The summed E-state index contributed by atoms with van der Waals surface area (Å²) in [5.74, 6) is 0. The first kappa shape index (κ1) is 9.93. The lowest BCUT2D eigenvalue weighted by atomic mass is 10.0. The number of nitrogens with one attached hydrogen (secondary N) is 2. The Hall–Kier alpha value is -1.61. The lowest BCUT2D eigenvalue weighted by Gasteiger charge is -2.05. The average molecular weight is 201 g/mol. The van der Waals surface area contributed by atoms with Crippen molar-refractivity contribution in [3.63, 3.8) is 0 Å². The average Bonchev–Trinajstić information content (AvgIpc) is 2.67. The Morgan fingerprint density at radius 2 is 2.13 bits per heavy atom. The number of hydrogen-bond donors (Lipinski definition) is 2. The summed E-state index contributed by atoms with van der Waals surface area (Å²) in [6.45, 7) is 2.91. The van der Waals surface area contributed by atoms with E-state index in [1.165, 1.54) is 11.1 Å². The van der Waals surface area contributed by atoms with E-state index in [4.69, 9.17) is 0 Å². The smallest absolute Gasteiger partial charge is 0.0929 e. The molecule has 0 radical (unpaired) electrons.